The molecule has 1 saturated carbocycles. The summed E-state index contributed by atoms with van der Waals surface area (Å²) in [6.45, 7) is 0. The van der Waals surface area contributed by atoms with E-state index >= 15 is 0 Å². The van der Waals surface area contributed by atoms with Crippen LogP contribution in [0.1, 0.15) is 25.7 Å². The highest BCUT2D eigenvalue weighted by atomic mass is 79.9. The van der Waals surface area contributed by atoms with Crippen molar-refractivity contribution >= 4 is 63.7 Å². The largest absolute Gasteiger partial charge is 0.0879 e. The summed E-state index contributed by atoms with van der Waals surface area (Å²) >= 11 is 14.8. The average molecular weight is 428 g/mol. The predicted octanol–water partition coefficient (Wildman–Crippen LogP) is 4.61. The van der Waals surface area contributed by atoms with Crippen LogP contribution in [0, 0.1) is 0 Å². The van der Waals surface area contributed by atoms with Crippen molar-refractivity contribution in [2.24, 2.45) is 0 Å². The minimum atomic E-state index is 0.637. The molecular formula is C8H12Br4. The van der Waals surface area contributed by atoms with E-state index in [0.29, 0.717) is 19.3 Å². The van der Waals surface area contributed by atoms with Gasteiger partial charge in [0.2, 0.25) is 0 Å². The molecule has 0 bridgehead atoms. The number of alkyl halides is 4. The van der Waals surface area contributed by atoms with E-state index < -0.39 is 0 Å². The van der Waals surface area contributed by atoms with Crippen LogP contribution in [0.3, 0.4) is 0 Å². The minimum Gasteiger partial charge on any atom is -0.0879 e. The van der Waals surface area contributed by atoms with E-state index in [1.54, 1.807) is 0 Å². The van der Waals surface area contributed by atoms with Gasteiger partial charge < -0.3 is 0 Å². The highest BCUT2D eigenvalue weighted by molar-refractivity contribution is 9.12. The topological polar surface area (TPSA) is 0 Å². The second-order valence-electron chi connectivity index (χ2n) is 3.22. The molecule has 0 radical (unpaired) electrons. The normalized spacial score (nSPS) is 45.0. The van der Waals surface area contributed by atoms with Crippen molar-refractivity contribution in [3.05, 3.63) is 0 Å². The fourth-order valence-corrected chi connectivity index (χ4v) is 3.47. The first kappa shape index (κ1) is 12.0. The molecule has 0 aromatic rings. The van der Waals surface area contributed by atoms with E-state index in [2.05, 4.69) is 63.7 Å². The SMILES string of the molecule is Br[C@@H]1CC[C@@H](Br)[C@H](Br)CC[C@H]1Br. The second kappa shape index (κ2) is 5.72. The zero-order valence-corrected chi connectivity index (χ0v) is 13.0. The van der Waals surface area contributed by atoms with Crippen LogP contribution >= 0.6 is 63.7 Å². The van der Waals surface area contributed by atoms with Crippen LogP contribution in [0.2, 0.25) is 0 Å². The van der Waals surface area contributed by atoms with Gasteiger partial charge in [-0.2, -0.15) is 0 Å². The minimum absolute atomic E-state index is 0.637. The molecule has 0 N–H and O–H groups in total. The molecule has 1 rings (SSSR count). The lowest BCUT2D eigenvalue weighted by atomic mass is 10.0. The highest BCUT2D eigenvalue weighted by Gasteiger charge is 2.25. The number of hydrogen-bond donors (Lipinski definition) is 0. The Morgan fingerprint density at radius 2 is 0.667 bits per heavy atom. The lowest BCUT2D eigenvalue weighted by molar-refractivity contribution is 0.557. The van der Waals surface area contributed by atoms with Gasteiger partial charge in [-0.15, -0.1) is 0 Å². The first-order valence-electron chi connectivity index (χ1n) is 4.17. The van der Waals surface area contributed by atoms with Gasteiger partial charge >= 0.3 is 0 Å². The van der Waals surface area contributed by atoms with Crippen molar-refractivity contribution in [1.82, 2.24) is 0 Å². The molecule has 72 valence electrons. The van der Waals surface area contributed by atoms with Gasteiger partial charge in [-0.1, -0.05) is 63.7 Å². The van der Waals surface area contributed by atoms with E-state index in [0.717, 1.165) is 0 Å². The molecule has 1 aliphatic carbocycles. The van der Waals surface area contributed by atoms with Crippen LogP contribution in [0.25, 0.3) is 0 Å². The first-order valence-corrected chi connectivity index (χ1v) is 7.84. The van der Waals surface area contributed by atoms with E-state index in [4.69, 9.17) is 0 Å². The molecule has 4 atom stereocenters. The molecule has 1 fully saturated rings. The van der Waals surface area contributed by atoms with E-state index in [1.165, 1.54) is 25.7 Å². The second-order valence-corrected chi connectivity index (χ2v) is 7.92. The van der Waals surface area contributed by atoms with Gasteiger partial charge in [-0.3, -0.25) is 0 Å². The molecule has 0 heterocycles. The Labute approximate surface area is 108 Å². The molecule has 0 aromatic carbocycles. The van der Waals surface area contributed by atoms with Gasteiger partial charge in [-0.25, -0.2) is 0 Å². The number of halogens is 4. The molecule has 12 heavy (non-hydrogen) atoms. The van der Waals surface area contributed by atoms with Crippen molar-refractivity contribution in [3.63, 3.8) is 0 Å². The van der Waals surface area contributed by atoms with Crippen molar-refractivity contribution in [1.29, 1.82) is 0 Å². The van der Waals surface area contributed by atoms with Crippen molar-refractivity contribution in [3.8, 4) is 0 Å². The monoisotopic (exact) mass is 424 g/mol. The summed E-state index contributed by atoms with van der Waals surface area (Å²) in [5.41, 5.74) is 0. The molecular weight excluding hydrogens is 416 g/mol. The predicted molar refractivity (Wildman–Crippen MR) is 69.3 cm³/mol. The van der Waals surface area contributed by atoms with Gasteiger partial charge in [0.1, 0.15) is 0 Å². The van der Waals surface area contributed by atoms with E-state index in [1.807, 2.05) is 0 Å². The zero-order chi connectivity index (χ0) is 9.14. The van der Waals surface area contributed by atoms with Gasteiger partial charge in [-0.05, 0) is 25.7 Å². The Bertz CT molecular complexity index is 107. The fourth-order valence-electron chi connectivity index (χ4n) is 1.36. The molecule has 0 aromatic heterocycles. The Balaban J connectivity index is 2.45. The first-order chi connectivity index (χ1) is 5.61. The highest BCUT2D eigenvalue weighted by Crippen LogP contribution is 2.33. The van der Waals surface area contributed by atoms with Crippen LogP contribution in [0.15, 0.2) is 0 Å². The fraction of sp³-hybridized carbons (Fsp3) is 1.00. The smallest absolute Gasteiger partial charge is 0.0271 e. The quantitative estimate of drug-likeness (QED) is 0.495. The van der Waals surface area contributed by atoms with Gasteiger partial charge in [0.05, 0.1) is 0 Å². The Morgan fingerprint density at radius 3 is 0.833 bits per heavy atom. The molecule has 1 aliphatic rings. The van der Waals surface area contributed by atoms with Gasteiger partial charge in [0.15, 0.2) is 0 Å². The van der Waals surface area contributed by atoms with Crippen LogP contribution in [0.4, 0.5) is 0 Å². The summed E-state index contributed by atoms with van der Waals surface area (Å²) in [6, 6.07) is 0. The van der Waals surface area contributed by atoms with Crippen LogP contribution in [-0.4, -0.2) is 19.3 Å². The zero-order valence-electron chi connectivity index (χ0n) is 6.65. The van der Waals surface area contributed by atoms with Crippen LogP contribution in [0.5, 0.6) is 0 Å². The Kier molecular flexibility index (Phi) is 5.71. The van der Waals surface area contributed by atoms with Gasteiger partial charge in [0.25, 0.3) is 0 Å². The summed E-state index contributed by atoms with van der Waals surface area (Å²) in [6.07, 6.45) is 4.98. The van der Waals surface area contributed by atoms with Crippen molar-refractivity contribution < 1.29 is 0 Å². The average Bonchev–Trinajstić information content (AvgIpc) is 2.07. The summed E-state index contributed by atoms with van der Waals surface area (Å²) < 4.78 is 0. The Morgan fingerprint density at radius 1 is 0.500 bits per heavy atom. The molecule has 0 spiro atoms. The Hall–Kier alpha value is 1.92. The van der Waals surface area contributed by atoms with Crippen LogP contribution in [-0.2, 0) is 0 Å². The molecule has 0 unspecified atom stereocenters. The molecule has 0 saturated heterocycles. The third-order valence-corrected chi connectivity index (χ3v) is 8.02. The number of rotatable bonds is 0. The third-order valence-electron chi connectivity index (χ3n) is 2.22. The van der Waals surface area contributed by atoms with Crippen LogP contribution < -0.4 is 0 Å². The maximum Gasteiger partial charge on any atom is 0.0271 e. The van der Waals surface area contributed by atoms with Crippen molar-refractivity contribution in [2.75, 3.05) is 0 Å². The van der Waals surface area contributed by atoms with Gasteiger partial charge in [0, 0.05) is 19.3 Å². The molecule has 0 amide bonds. The maximum absolute atomic E-state index is 3.70. The summed E-state index contributed by atoms with van der Waals surface area (Å²) in [5.74, 6) is 0. The maximum atomic E-state index is 3.70. The van der Waals surface area contributed by atoms with E-state index in [9.17, 15) is 0 Å². The third kappa shape index (κ3) is 3.58. The number of hydrogen-bond acceptors (Lipinski definition) is 0. The lowest BCUT2D eigenvalue weighted by Crippen LogP contribution is -2.25. The summed E-state index contributed by atoms with van der Waals surface area (Å²) in [7, 11) is 0. The van der Waals surface area contributed by atoms with E-state index in [-0.39, 0.29) is 0 Å². The molecule has 0 nitrogen and oxygen atoms in total. The summed E-state index contributed by atoms with van der Waals surface area (Å²) in [5, 5.41) is 0. The summed E-state index contributed by atoms with van der Waals surface area (Å²) in [4.78, 5) is 2.55. The lowest BCUT2D eigenvalue weighted by Gasteiger charge is -2.25. The standard InChI is InChI=1S/C8H12Br4/c9-5-1-2-6(10)8(12)4-3-7(5)11/h5-8H,1-4H2/t5-,6-,7-,8-/m1/s1. The molecule has 4 heteroatoms. The van der Waals surface area contributed by atoms with Crippen molar-refractivity contribution in [2.45, 2.75) is 45.0 Å². The molecule has 0 aliphatic heterocycles.